The fraction of sp³-hybridized carbons (Fsp3) is 0.444. The maximum absolute atomic E-state index is 13.7. The van der Waals surface area contributed by atoms with E-state index in [0.717, 1.165) is 24.9 Å². The van der Waals surface area contributed by atoms with Gasteiger partial charge in [0.25, 0.3) is 0 Å². The number of thiophene rings is 1. The van der Waals surface area contributed by atoms with Crippen molar-refractivity contribution in [2.75, 3.05) is 6.54 Å². The second-order valence-corrected chi connectivity index (χ2v) is 7.58. The molecule has 0 radical (unpaired) electrons. The lowest BCUT2D eigenvalue weighted by Gasteiger charge is -2.38. The normalized spacial score (nSPS) is 22.0. The van der Waals surface area contributed by atoms with Gasteiger partial charge in [-0.1, -0.05) is 38.1 Å². The second-order valence-electron chi connectivity index (χ2n) is 6.63. The molecular weight excluding hydrogens is 281 g/mol. The summed E-state index contributed by atoms with van der Waals surface area (Å²) in [5.41, 5.74) is 1.05. The Hall–Kier alpha value is -1.19. The van der Waals surface area contributed by atoms with Gasteiger partial charge in [-0.3, -0.25) is 0 Å². The maximum atomic E-state index is 13.7. The summed E-state index contributed by atoms with van der Waals surface area (Å²) < 4.78 is 13.7. The summed E-state index contributed by atoms with van der Waals surface area (Å²) in [6.07, 6.45) is 2.09. The van der Waals surface area contributed by atoms with Crippen LogP contribution in [0.2, 0.25) is 0 Å². The largest absolute Gasteiger partial charge is 0.313 e. The molecule has 112 valence electrons. The topological polar surface area (TPSA) is 12.0 Å². The molecule has 0 saturated heterocycles. The van der Waals surface area contributed by atoms with Gasteiger partial charge in [0.15, 0.2) is 0 Å². The van der Waals surface area contributed by atoms with Crippen LogP contribution >= 0.6 is 11.3 Å². The average molecular weight is 303 g/mol. The van der Waals surface area contributed by atoms with Crippen molar-refractivity contribution in [3.63, 3.8) is 0 Å². The number of halogens is 1. The molecule has 1 aromatic carbocycles. The van der Waals surface area contributed by atoms with Crippen LogP contribution in [0.3, 0.4) is 0 Å². The van der Waals surface area contributed by atoms with Gasteiger partial charge >= 0.3 is 0 Å². The zero-order chi connectivity index (χ0) is 14.9. The van der Waals surface area contributed by atoms with Gasteiger partial charge in [-0.15, -0.1) is 11.3 Å². The number of rotatable bonds is 5. The van der Waals surface area contributed by atoms with Gasteiger partial charge in [0, 0.05) is 22.9 Å². The third-order valence-corrected chi connectivity index (χ3v) is 5.74. The first kappa shape index (κ1) is 14.7. The third kappa shape index (κ3) is 3.19. The van der Waals surface area contributed by atoms with Gasteiger partial charge < -0.3 is 5.32 Å². The Morgan fingerprint density at radius 3 is 2.62 bits per heavy atom. The van der Waals surface area contributed by atoms with Crippen LogP contribution in [0.5, 0.6) is 0 Å². The highest BCUT2D eigenvalue weighted by Gasteiger charge is 2.33. The molecule has 0 atom stereocenters. The van der Waals surface area contributed by atoms with Gasteiger partial charge in [-0.25, -0.2) is 4.39 Å². The standard InChI is InChI=1S/C18H22FNS/c1-18(2,17-8-5-9-21-17)12-20-14-10-13(11-14)15-6-3-4-7-16(15)19/h3-9,13-14,20H,10-12H2,1-2H3. The quantitative estimate of drug-likeness (QED) is 0.844. The zero-order valence-corrected chi connectivity index (χ0v) is 13.4. The molecule has 1 fully saturated rings. The first-order valence-corrected chi connectivity index (χ1v) is 8.46. The van der Waals surface area contributed by atoms with Crippen LogP contribution < -0.4 is 5.32 Å². The van der Waals surface area contributed by atoms with E-state index in [4.69, 9.17) is 0 Å². The van der Waals surface area contributed by atoms with Crippen molar-refractivity contribution in [3.05, 3.63) is 58.0 Å². The molecule has 1 heterocycles. The summed E-state index contributed by atoms with van der Waals surface area (Å²) in [6.45, 7) is 5.53. The highest BCUT2D eigenvalue weighted by Crippen LogP contribution is 2.38. The van der Waals surface area contributed by atoms with E-state index in [2.05, 4.69) is 36.7 Å². The first-order valence-electron chi connectivity index (χ1n) is 7.58. The van der Waals surface area contributed by atoms with E-state index < -0.39 is 0 Å². The van der Waals surface area contributed by atoms with E-state index in [9.17, 15) is 4.39 Å². The fourth-order valence-electron chi connectivity index (χ4n) is 2.99. The van der Waals surface area contributed by atoms with Crippen molar-refractivity contribution >= 4 is 11.3 Å². The molecule has 1 aromatic heterocycles. The second kappa shape index (κ2) is 5.90. The number of benzene rings is 1. The molecule has 0 aliphatic heterocycles. The Balaban J connectivity index is 1.51. The Morgan fingerprint density at radius 2 is 1.95 bits per heavy atom. The molecule has 2 aromatic rings. The summed E-state index contributed by atoms with van der Waals surface area (Å²) in [5, 5.41) is 5.78. The van der Waals surface area contributed by atoms with Crippen molar-refractivity contribution in [2.45, 2.75) is 44.1 Å². The third-order valence-electron chi connectivity index (χ3n) is 4.50. The summed E-state index contributed by atoms with van der Waals surface area (Å²) in [7, 11) is 0. The van der Waals surface area contributed by atoms with Crippen molar-refractivity contribution in [2.24, 2.45) is 0 Å². The van der Waals surface area contributed by atoms with E-state index >= 15 is 0 Å². The number of hydrogen-bond donors (Lipinski definition) is 1. The molecular formula is C18H22FNS. The molecule has 0 amide bonds. The molecule has 3 rings (SSSR count). The van der Waals surface area contributed by atoms with Crippen molar-refractivity contribution < 1.29 is 4.39 Å². The smallest absolute Gasteiger partial charge is 0.126 e. The molecule has 3 heteroatoms. The minimum absolute atomic E-state index is 0.0557. The molecule has 21 heavy (non-hydrogen) atoms. The van der Waals surface area contributed by atoms with E-state index in [-0.39, 0.29) is 11.2 Å². The molecule has 1 aliphatic carbocycles. The fourth-order valence-corrected chi connectivity index (χ4v) is 3.85. The van der Waals surface area contributed by atoms with Crippen LogP contribution in [0.4, 0.5) is 4.39 Å². The average Bonchev–Trinajstić information content (AvgIpc) is 2.93. The Bertz CT molecular complexity index is 585. The molecule has 1 nitrogen and oxygen atoms in total. The van der Waals surface area contributed by atoms with E-state index in [0.29, 0.717) is 12.0 Å². The lowest BCUT2D eigenvalue weighted by molar-refractivity contribution is 0.269. The summed E-state index contributed by atoms with van der Waals surface area (Å²) >= 11 is 1.82. The van der Waals surface area contributed by atoms with Crippen LogP contribution in [0, 0.1) is 5.82 Å². The van der Waals surface area contributed by atoms with Gasteiger partial charge in [0.05, 0.1) is 0 Å². The minimum atomic E-state index is -0.0557. The van der Waals surface area contributed by atoms with Crippen molar-refractivity contribution in [3.8, 4) is 0 Å². The Labute approximate surface area is 130 Å². The van der Waals surface area contributed by atoms with Gasteiger partial charge in [-0.2, -0.15) is 0 Å². The van der Waals surface area contributed by atoms with Crippen LogP contribution in [0.15, 0.2) is 41.8 Å². The molecule has 1 saturated carbocycles. The summed E-state index contributed by atoms with van der Waals surface area (Å²) in [6, 6.07) is 12.0. The van der Waals surface area contributed by atoms with Crippen LogP contribution in [0.1, 0.15) is 43.0 Å². The predicted molar refractivity (Wildman–Crippen MR) is 87.5 cm³/mol. The lowest BCUT2D eigenvalue weighted by atomic mass is 9.75. The molecule has 0 spiro atoms. The molecule has 0 unspecified atom stereocenters. The number of hydrogen-bond acceptors (Lipinski definition) is 2. The monoisotopic (exact) mass is 303 g/mol. The minimum Gasteiger partial charge on any atom is -0.313 e. The van der Waals surface area contributed by atoms with Crippen LogP contribution in [-0.4, -0.2) is 12.6 Å². The molecule has 0 bridgehead atoms. The highest BCUT2D eigenvalue weighted by molar-refractivity contribution is 7.10. The summed E-state index contributed by atoms with van der Waals surface area (Å²) in [4.78, 5) is 1.42. The van der Waals surface area contributed by atoms with Crippen LogP contribution in [0.25, 0.3) is 0 Å². The highest BCUT2D eigenvalue weighted by atomic mass is 32.1. The van der Waals surface area contributed by atoms with E-state index in [1.54, 1.807) is 12.1 Å². The van der Waals surface area contributed by atoms with Crippen molar-refractivity contribution in [1.82, 2.24) is 5.32 Å². The SMILES string of the molecule is CC(C)(CNC1CC(c2ccccc2F)C1)c1cccs1. The maximum Gasteiger partial charge on any atom is 0.126 e. The van der Waals surface area contributed by atoms with Gasteiger partial charge in [-0.05, 0) is 41.8 Å². The zero-order valence-electron chi connectivity index (χ0n) is 12.6. The molecule has 1 aliphatic rings. The Kier molecular flexibility index (Phi) is 4.14. The van der Waals surface area contributed by atoms with Gasteiger partial charge in [0.1, 0.15) is 5.82 Å². The van der Waals surface area contributed by atoms with E-state index in [1.165, 1.54) is 4.88 Å². The van der Waals surface area contributed by atoms with Crippen LogP contribution in [-0.2, 0) is 5.41 Å². The first-order chi connectivity index (χ1) is 10.1. The van der Waals surface area contributed by atoms with Crippen molar-refractivity contribution in [1.29, 1.82) is 0 Å². The lowest BCUT2D eigenvalue weighted by Crippen LogP contribution is -2.45. The summed E-state index contributed by atoms with van der Waals surface area (Å²) in [5.74, 6) is 0.327. The predicted octanol–water partition coefficient (Wildman–Crippen LogP) is 4.70. The number of nitrogens with one attached hydrogen (secondary N) is 1. The van der Waals surface area contributed by atoms with E-state index in [1.807, 2.05) is 23.5 Å². The Morgan fingerprint density at radius 1 is 1.19 bits per heavy atom. The van der Waals surface area contributed by atoms with Gasteiger partial charge in [0.2, 0.25) is 0 Å². The molecule has 1 N–H and O–H groups in total.